The van der Waals surface area contributed by atoms with Gasteiger partial charge in [-0.15, -0.1) is 0 Å². The van der Waals surface area contributed by atoms with E-state index in [2.05, 4.69) is 5.32 Å². The van der Waals surface area contributed by atoms with Gasteiger partial charge < -0.3 is 10.1 Å². The van der Waals surface area contributed by atoms with Gasteiger partial charge in [-0.1, -0.05) is 6.07 Å². The summed E-state index contributed by atoms with van der Waals surface area (Å²) in [5.41, 5.74) is 2.30. The van der Waals surface area contributed by atoms with Crippen molar-refractivity contribution in [3.63, 3.8) is 0 Å². The van der Waals surface area contributed by atoms with Gasteiger partial charge >= 0.3 is 0 Å². The van der Waals surface area contributed by atoms with E-state index in [0.29, 0.717) is 12.2 Å². The maximum atomic E-state index is 11.6. The Labute approximate surface area is 107 Å². The summed E-state index contributed by atoms with van der Waals surface area (Å²) in [6, 6.07) is 5.92. The van der Waals surface area contributed by atoms with Gasteiger partial charge in [0.1, 0.15) is 11.9 Å². The number of nitrogens with one attached hydrogen (secondary N) is 1. The van der Waals surface area contributed by atoms with Crippen LogP contribution in [0.25, 0.3) is 0 Å². The Hall–Kier alpha value is -1.23. The summed E-state index contributed by atoms with van der Waals surface area (Å²) >= 11 is 0. The predicted octanol–water partition coefficient (Wildman–Crippen LogP) is 1.61. The number of hydrogen-bond acceptors (Lipinski definition) is 4. The average Bonchev–Trinajstić information content (AvgIpc) is 2.77. The molecule has 1 unspecified atom stereocenters. The molecule has 1 aromatic carbocycles. The molecule has 2 heterocycles. The van der Waals surface area contributed by atoms with E-state index in [4.69, 9.17) is 4.74 Å². The van der Waals surface area contributed by atoms with Gasteiger partial charge in [-0.25, -0.2) is 8.42 Å². The Morgan fingerprint density at radius 1 is 1.33 bits per heavy atom. The van der Waals surface area contributed by atoms with Gasteiger partial charge in [0.2, 0.25) is 0 Å². The van der Waals surface area contributed by atoms with Crippen molar-refractivity contribution in [2.75, 3.05) is 23.4 Å². The lowest BCUT2D eigenvalue weighted by Crippen LogP contribution is -2.33. The lowest BCUT2D eigenvalue weighted by molar-refractivity contribution is 0.206. The minimum atomic E-state index is -2.91. The van der Waals surface area contributed by atoms with Crippen LogP contribution >= 0.6 is 0 Å². The molecule has 2 aliphatic heterocycles. The lowest BCUT2D eigenvalue weighted by Gasteiger charge is -2.24. The van der Waals surface area contributed by atoms with Crippen LogP contribution in [0, 0.1) is 0 Å². The van der Waals surface area contributed by atoms with Crippen LogP contribution in [0.3, 0.4) is 0 Å². The highest BCUT2D eigenvalue weighted by Gasteiger charge is 2.27. The Kier molecular flexibility index (Phi) is 2.93. The highest BCUT2D eigenvalue weighted by Crippen LogP contribution is 2.32. The van der Waals surface area contributed by atoms with Crippen LogP contribution in [0.5, 0.6) is 5.75 Å². The van der Waals surface area contributed by atoms with Gasteiger partial charge in [-0.2, -0.15) is 0 Å². The van der Waals surface area contributed by atoms with E-state index in [1.807, 2.05) is 18.2 Å². The fourth-order valence-electron chi connectivity index (χ4n) is 2.68. The number of fused-ring (bicyclic) bond motifs is 1. The van der Waals surface area contributed by atoms with E-state index in [9.17, 15) is 8.42 Å². The van der Waals surface area contributed by atoms with Gasteiger partial charge in [-0.3, -0.25) is 0 Å². The minimum Gasteiger partial charge on any atom is -0.489 e. The van der Waals surface area contributed by atoms with Crippen molar-refractivity contribution in [2.45, 2.75) is 25.4 Å². The largest absolute Gasteiger partial charge is 0.489 e. The first-order valence-electron chi connectivity index (χ1n) is 6.37. The third-order valence-electron chi connectivity index (χ3n) is 3.54. The molecule has 0 saturated carbocycles. The van der Waals surface area contributed by atoms with Gasteiger partial charge in [0.05, 0.1) is 11.5 Å². The van der Waals surface area contributed by atoms with Crippen molar-refractivity contribution in [1.82, 2.24) is 0 Å². The maximum absolute atomic E-state index is 11.6. The second kappa shape index (κ2) is 4.46. The summed E-state index contributed by atoms with van der Waals surface area (Å²) in [5, 5.41) is 3.30. The van der Waals surface area contributed by atoms with E-state index >= 15 is 0 Å². The van der Waals surface area contributed by atoms with Crippen LogP contribution in [0.1, 0.15) is 18.4 Å². The van der Waals surface area contributed by atoms with Crippen molar-refractivity contribution >= 4 is 15.5 Å². The molecule has 1 atom stereocenters. The Morgan fingerprint density at radius 2 is 2.22 bits per heavy atom. The molecular weight excluding hydrogens is 250 g/mol. The number of ether oxygens (including phenoxy) is 1. The van der Waals surface area contributed by atoms with E-state index < -0.39 is 9.84 Å². The summed E-state index contributed by atoms with van der Waals surface area (Å²) < 4.78 is 29.1. The first kappa shape index (κ1) is 11.8. The van der Waals surface area contributed by atoms with Crippen molar-refractivity contribution in [1.29, 1.82) is 0 Å². The molecular formula is C13H17NO3S. The number of hydrogen-bond donors (Lipinski definition) is 1. The molecule has 1 N–H and O–H groups in total. The van der Waals surface area contributed by atoms with E-state index in [0.717, 1.165) is 30.8 Å². The monoisotopic (exact) mass is 267 g/mol. The summed E-state index contributed by atoms with van der Waals surface area (Å²) in [5.74, 6) is 1.31. The molecule has 1 fully saturated rings. The van der Waals surface area contributed by atoms with Crippen molar-refractivity contribution in [2.24, 2.45) is 0 Å². The SMILES string of the molecule is O=S1(=O)CCCC(Oc2cccc3c2CCN3)C1. The van der Waals surface area contributed by atoms with Gasteiger partial charge in [0.25, 0.3) is 0 Å². The number of rotatable bonds is 2. The molecule has 0 aliphatic carbocycles. The van der Waals surface area contributed by atoms with Crippen LogP contribution in [-0.4, -0.2) is 32.6 Å². The zero-order chi connectivity index (χ0) is 12.6. The maximum Gasteiger partial charge on any atom is 0.153 e. The summed E-state index contributed by atoms with van der Waals surface area (Å²) in [6.45, 7) is 0.929. The van der Waals surface area contributed by atoms with Crippen LogP contribution < -0.4 is 10.1 Å². The van der Waals surface area contributed by atoms with Crippen LogP contribution in [0.2, 0.25) is 0 Å². The predicted molar refractivity (Wildman–Crippen MR) is 70.9 cm³/mol. The molecule has 4 nitrogen and oxygen atoms in total. The minimum absolute atomic E-state index is 0.157. The topological polar surface area (TPSA) is 55.4 Å². The smallest absolute Gasteiger partial charge is 0.153 e. The van der Waals surface area contributed by atoms with E-state index in [-0.39, 0.29) is 11.9 Å². The molecule has 5 heteroatoms. The molecule has 0 aromatic heterocycles. The molecule has 0 amide bonds. The number of sulfone groups is 1. The number of benzene rings is 1. The Balaban J connectivity index is 1.79. The normalized spacial score (nSPS) is 25.2. The fourth-order valence-corrected chi connectivity index (χ4v) is 4.25. The zero-order valence-corrected chi connectivity index (χ0v) is 11.0. The molecule has 1 saturated heterocycles. The quantitative estimate of drug-likeness (QED) is 0.884. The second-order valence-corrected chi connectivity index (χ2v) is 7.18. The standard InChI is InChI=1S/C13H17NO3S/c15-18(16)8-2-3-10(9-18)17-13-5-1-4-12-11(13)6-7-14-12/h1,4-5,10,14H,2-3,6-9H2. The fraction of sp³-hybridized carbons (Fsp3) is 0.538. The van der Waals surface area contributed by atoms with Gasteiger partial charge in [0, 0.05) is 17.8 Å². The van der Waals surface area contributed by atoms with Crippen LogP contribution in [0.15, 0.2) is 18.2 Å². The van der Waals surface area contributed by atoms with Crippen molar-refractivity contribution in [3.8, 4) is 5.75 Å². The first-order chi connectivity index (χ1) is 8.64. The highest BCUT2D eigenvalue weighted by molar-refractivity contribution is 7.91. The third-order valence-corrected chi connectivity index (χ3v) is 5.33. The third kappa shape index (κ3) is 2.32. The van der Waals surface area contributed by atoms with E-state index in [1.54, 1.807) is 0 Å². The molecule has 18 heavy (non-hydrogen) atoms. The Morgan fingerprint density at radius 3 is 3.06 bits per heavy atom. The summed E-state index contributed by atoms with van der Waals surface area (Å²) in [6.07, 6.45) is 2.30. The molecule has 0 spiro atoms. The van der Waals surface area contributed by atoms with E-state index in [1.165, 1.54) is 5.56 Å². The van der Waals surface area contributed by atoms with Gasteiger partial charge in [-0.05, 0) is 31.4 Å². The van der Waals surface area contributed by atoms with Crippen LogP contribution in [0.4, 0.5) is 5.69 Å². The van der Waals surface area contributed by atoms with Crippen molar-refractivity contribution < 1.29 is 13.2 Å². The Bertz CT molecular complexity index is 553. The van der Waals surface area contributed by atoms with Gasteiger partial charge in [0.15, 0.2) is 9.84 Å². The summed E-state index contributed by atoms with van der Waals surface area (Å²) in [7, 11) is -2.91. The first-order valence-corrected chi connectivity index (χ1v) is 8.19. The highest BCUT2D eigenvalue weighted by atomic mass is 32.2. The molecule has 0 bridgehead atoms. The molecule has 3 rings (SSSR count). The second-order valence-electron chi connectivity index (χ2n) is 4.96. The van der Waals surface area contributed by atoms with Crippen molar-refractivity contribution in [3.05, 3.63) is 23.8 Å². The number of anilines is 1. The average molecular weight is 267 g/mol. The van der Waals surface area contributed by atoms with Crippen LogP contribution in [-0.2, 0) is 16.3 Å². The molecule has 98 valence electrons. The summed E-state index contributed by atoms with van der Waals surface area (Å²) in [4.78, 5) is 0. The molecule has 2 aliphatic rings. The zero-order valence-electron chi connectivity index (χ0n) is 10.2. The lowest BCUT2D eigenvalue weighted by atomic mass is 10.1. The molecule has 0 radical (unpaired) electrons. The molecule has 1 aromatic rings.